The molecular weight excluding hydrogens is 310 g/mol. The molecule has 6 heteroatoms. The average molecular weight is 325 g/mol. The first-order valence-corrected chi connectivity index (χ1v) is 8.01. The lowest BCUT2D eigenvalue weighted by Gasteiger charge is -2.29. The standard InChI is InChI=1S/C17H15N3O2S/c18-9-17(8-10-4-2-1-3-5-10)7-6-11-12(15(19)22)16(20)23-13(11)14(17)21/h1-5H,6-8,20H2,(H2,19,22). The number of fused-ring (bicyclic) bond motifs is 1. The van der Waals surface area contributed by atoms with Crippen molar-refractivity contribution in [3.63, 3.8) is 0 Å². The first-order valence-electron chi connectivity index (χ1n) is 7.19. The van der Waals surface area contributed by atoms with Crippen LogP contribution in [-0.2, 0) is 12.8 Å². The number of anilines is 1. The van der Waals surface area contributed by atoms with E-state index in [4.69, 9.17) is 11.5 Å². The van der Waals surface area contributed by atoms with E-state index in [0.29, 0.717) is 29.7 Å². The smallest absolute Gasteiger partial charge is 0.251 e. The summed E-state index contributed by atoms with van der Waals surface area (Å²) in [7, 11) is 0. The quantitative estimate of drug-likeness (QED) is 0.902. The minimum Gasteiger partial charge on any atom is -0.390 e. The zero-order valence-electron chi connectivity index (χ0n) is 12.3. The van der Waals surface area contributed by atoms with Crippen LogP contribution in [0.3, 0.4) is 0 Å². The minimum absolute atomic E-state index is 0.240. The highest BCUT2D eigenvalue weighted by Crippen LogP contribution is 2.44. The number of primary amides is 1. The van der Waals surface area contributed by atoms with Gasteiger partial charge in [0.2, 0.25) is 0 Å². The first kappa shape index (κ1) is 15.3. The van der Waals surface area contributed by atoms with Crippen LogP contribution < -0.4 is 11.5 Å². The first-order chi connectivity index (χ1) is 11.0. The van der Waals surface area contributed by atoms with E-state index in [-0.39, 0.29) is 16.3 Å². The fraction of sp³-hybridized carbons (Fsp3) is 0.235. The highest BCUT2D eigenvalue weighted by molar-refractivity contribution is 7.18. The lowest BCUT2D eigenvalue weighted by Crippen LogP contribution is -2.36. The van der Waals surface area contributed by atoms with E-state index in [1.165, 1.54) is 0 Å². The monoisotopic (exact) mass is 325 g/mol. The van der Waals surface area contributed by atoms with Crippen LogP contribution in [0.25, 0.3) is 0 Å². The Balaban J connectivity index is 2.04. The highest BCUT2D eigenvalue weighted by Gasteiger charge is 2.45. The molecule has 3 rings (SSSR count). The molecule has 0 saturated heterocycles. The van der Waals surface area contributed by atoms with E-state index in [9.17, 15) is 14.9 Å². The van der Waals surface area contributed by atoms with Crippen LogP contribution in [-0.4, -0.2) is 11.7 Å². The van der Waals surface area contributed by atoms with Crippen LogP contribution in [0.2, 0.25) is 0 Å². The Morgan fingerprint density at radius 2 is 2.04 bits per heavy atom. The Morgan fingerprint density at radius 1 is 1.35 bits per heavy atom. The van der Waals surface area contributed by atoms with Gasteiger partial charge in [0.15, 0.2) is 5.78 Å². The molecule has 2 aromatic rings. The van der Waals surface area contributed by atoms with Gasteiger partial charge in [-0.25, -0.2) is 0 Å². The van der Waals surface area contributed by atoms with Crippen LogP contribution in [0.1, 0.15) is 37.6 Å². The Labute approximate surface area is 137 Å². The molecule has 1 heterocycles. The van der Waals surface area contributed by atoms with Gasteiger partial charge in [-0.2, -0.15) is 5.26 Å². The van der Waals surface area contributed by atoms with Crippen molar-refractivity contribution in [3.8, 4) is 6.07 Å². The van der Waals surface area contributed by atoms with Crippen molar-refractivity contribution in [2.75, 3.05) is 5.73 Å². The third-order valence-electron chi connectivity index (χ3n) is 4.29. The van der Waals surface area contributed by atoms with Gasteiger partial charge in [-0.05, 0) is 30.4 Å². The molecule has 0 bridgehead atoms. The van der Waals surface area contributed by atoms with Crippen LogP contribution in [0, 0.1) is 16.7 Å². The van der Waals surface area contributed by atoms with Gasteiger partial charge in [0.1, 0.15) is 5.41 Å². The lowest BCUT2D eigenvalue weighted by atomic mass is 9.70. The van der Waals surface area contributed by atoms with E-state index in [2.05, 4.69) is 6.07 Å². The molecule has 1 aliphatic rings. The molecule has 0 aliphatic heterocycles. The number of nitriles is 1. The molecule has 0 fully saturated rings. The summed E-state index contributed by atoms with van der Waals surface area (Å²) in [6, 6.07) is 11.7. The Hall–Kier alpha value is -2.65. The second kappa shape index (κ2) is 5.52. The van der Waals surface area contributed by atoms with Crippen molar-refractivity contribution in [1.29, 1.82) is 5.26 Å². The normalized spacial score (nSPS) is 19.9. The maximum absolute atomic E-state index is 12.9. The van der Waals surface area contributed by atoms with Gasteiger partial charge in [0, 0.05) is 0 Å². The number of Topliss-reactive ketones (excluding diaryl/α,β-unsaturated/α-hetero) is 1. The van der Waals surface area contributed by atoms with Gasteiger partial charge in [0.25, 0.3) is 5.91 Å². The Morgan fingerprint density at radius 3 is 2.65 bits per heavy atom. The third kappa shape index (κ3) is 2.39. The van der Waals surface area contributed by atoms with Gasteiger partial charge in [0.05, 0.1) is 21.5 Å². The van der Waals surface area contributed by atoms with Gasteiger partial charge in [-0.3, -0.25) is 9.59 Å². The molecule has 1 aliphatic carbocycles. The molecule has 0 radical (unpaired) electrons. The molecule has 1 aromatic carbocycles. The van der Waals surface area contributed by atoms with Crippen molar-refractivity contribution in [2.45, 2.75) is 19.3 Å². The summed E-state index contributed by atoms with van der Waals surface area (Å²) in [4.78, 5) is 24.9. The summed E-state index contributed by atoms with van der Waals surface area (Å²) in [5.74, 6) is -0.880. The number of benzene rings is 1. The SMILES string of the molecule is N#CC1(Cc2ccccc2)CCc2c(sc(N)c2C(N)=O)C1=O. The molecule has 1 aromatic heterocycles. The predicted molar refractivity (Wildman–Crippen MR) is 88.1 cm³/mol. The van der Waals surface area contributed by atoms with Crippen molar-refractivity contribution in [2.24, 2.45) is 11.1 Å². The van der Waals surface area contributed by atoms with Crippen LogP contribution in [0.15, 0.2) is 30.3 Å². The molecule has 5 nitrogen and oxygen atoms in total. The van der Waals surface area contributed by atoms with Gasteiger partial charge >= 0.3 is 0 Å². The third-order valence-corrected chi connectivity index (χ3v) is 5.35. The van der Waals surface area contributed by atoms with Crippen LogP contribution in [0.5, 0.6) is 0 Å². The zero-order valence-corrected chi connectivity index (χ0v) is 13.2. The number of rotatable bonds is 3. The number of ketones is 1. The zero-order chi connectivity index (χ0) is 16.6. The van der Waals surface area contributed by atoms with Crippen molar-refractivity contribution < 1.29 is 9.59 Å². The topological polar surface area (TPSA) is 110 Å². The van der Waals surface area contributed by atoms with Crippen LogP contribution >= 0.6 is 11.3 Å². The minimum atomic E-state index is -1.11. The maximum atomic E-state index is 12.9. The summed E-state index contributed by atoms with van der Waals surface area (Å²) in [6.45, 7) is 0. The Kier molecular flexibility index (Phi) is 3.66. The second-order valence-electron chi connectivity index (χ2n) is 5.70. The number of carbonyl (C=O) groups is 2. The van der Waals surface area contributed by atoms with E-state index < -0.39 is 11.3 Å². The van der Waals surface area contributed by atoms with Crippen LogP contribution in [0.4, 0.5) is 5.00 Å². The Bertz CT molecular complexity index is 836. The van der Waals surface area contributed by atoms with Crippen molar-refractivity contribution in [1.82, 2.24) is 0 Å². The number of nitrogen functional groups attached to an aromatic ring is 1. The fourth-order valence-electron chi connectivity index (χ4n) is 3.11. The summed E-state index contributed by atoms with van der Waals surface area (Å²) < 4.78 is 0. The van der Waals surface area contributed by atoms with Crippen molar-refractivity contribution >= 4 is 28.0 Å². The van der Waals surface area contributed by atoms with E-state index in [0.717, 1.165) is 16.9 Å². The maximum Gasteiger partial charge on any atom is 0.251 e. The molecule has 1 atom stereocenters. The molecule has 116 valence electrons. The summed E-state index contributed by atoms with van der Waals surface area (Å²) >= 11 is 1.06. The number of amides is 1. The molecule has 1 amide bonds. The van der Waals surface area contributed by atoms with E-state index in [1.807, 2.05) is 30.3 Å². The fourth-order valence-corrected chi connectivity index (χ4v) is 4.27. The molecule has 1 unspecified atom stereocenters. The molecule has 4 N–H and O–H groups in total. The van der Waals surface area contributed by atoms with E-state index in [1.54, 1.807) is 0 Å². The predicted octanol–water partition coefficient (Wildman–Crippen LogP) is 2.31. The number of carbonyl (C=O) groups excluding carboxylic acids is 2. The number of nitrogens with two attached hydrogens (primary N) is 2. The largest absolute Gasteiger partial charge is 0.390 e. The molecule has 0 saturated carbocycles. The molecular formula is C17H15N3O2S. The number of hydrogen-bond acceptors (Lipinski definition) is 5. The summed E-state index contributed by atoms with van der Waals surface area (Å²) in [5.41, 5.74) is 11.9. The number of thiophene rings is 1. The summed E-state index contributed by atoms with van der Waals surface area (Å²) in [5, 5.41) is 9.95. The number of hydrogen-bond donors (Lipinski definition) is 2. The number of nitrogens with zero attached hydrogens (tertiary/aromatic N) is 1. The molecule has 0 spiro atoms. The second-order valence-corrected chi connectivity index (χ2v) is 6.75. The average Bonchev–Trinajstić information content (AvgIpc) is 2.88. The van der Waals surface area contributed by atoms with E-state index >= 15 is 0 Å². The lowest BCUT2D eigenvalue weighted by molar-refractivity contribution is 0.0839. The van der Waals surface area contributed by atoms with Gasteiger partial charge < -0.3 is 11.5 Å². The molecule has 23 heavy (non-hydrogen) atoms. The van der Waals surface area contributed by atoms with Gasteiger partial charge in [-0.1, -0.05) is 30.3 Å². The van der Waals surface area contributed by atoms with Crippen molar-refractivity contribution in [3.05, 3.63) is 51.9 Å². The highest BCUT2D eigenvalue weighted by atomic mass is 32.1. The van der Waals surface area contributed by atoms with Gasteiger partial charge in [-0.15, -0.1) is 11.3 Å². The summed E-state index contributed by atoms with van der Waals surface area (Å²) in [6.07, 6.45) is 1.17.